The van der Waals surface area contributed by atoms with Crippen LogP contribution in [-0.2, 0) is 14.3 Å². The normalized spacial score (nSPS) is 11.6. The van der Waals surface area contributed by atoms with Gasteiger partial charge in [0.15, 0.2) is 0 Å². The third kappa shape index (κ3) is 4.00. The van der Waals surface area contributed by atoms with Crippen LogP contribution in [-0.4, -0.2) is 36.2 Å². The number of methoxy groups -OCH3 is 2. The lowest BCUT2D eigenvalue weighted by Gasteiger charge is -2.18. The molecule has 7 nitrogen and oxygen atoms in total. The van der Waals surface area contributed by atoms with Gasteiger partial charge >= 0.3 is 11.9 Å². The van der Waals surface area contributed by atoms with E-state index in [0.717, 1.165) is 13.3 Å². The predicted molar refractivity (Wildman–Crippen MR) is 90.0 cm³/mol. The summed E-state index contributed by atoms with van der Waals surface area (Å²) in [4.78, 5) is 38.3. The molecule has 0 saturated carbocycles. The Labute approximate surface area is 148 Å². The number of carbonyl (C=O) groups is 2. The molecule has 0 aliphatic carbocycles. The molecule has 0 fully saturated rings. The minimum absolute atomic E-state index is 0.143. The van der Waals surface area contributed by atoms with E-state index < -0.39 is 29.2 Å². The molecular weight excluding hydrogens is 350 g/mol. The van der Waals surface area contributed by atoms with Crippen molar-refractivity contribution in [3.05, 3.63) is 62.5 Å². The Kier molecular flexibility index (Phi) is 5.82. The number of aromatic nitrogens is 1. The first-order valence-electron chi connectivity index (χ1n) is 7.24. The number of nitrogens with one attached hydrogen (secondary N) is 1. The molecule has 132 valence electrons. The molecule has 0 aliphatic rings. The maximum Gasteiger partial charge on any atom is 0.343 e. The molecule has 2 aromatic rings. The van der Waals surface area contributed by atoms with Gasteiger partial charge < -0.3 is 19.6 Å². The quantitative estimate of drug-likeness (QED) is 0.787. The molecule has 1 aromatic heterocycles. The van der Waals surface area contributed by atoms with Gasteiger partial charge in [0.1, 0.15) is 11.3 Å². The largest absolute Gasteiger partial charge is 0.506 e. The molecule has 0 radical (unpaired) electrons. The van der Waals surface area contributed by atoms with Crippen molar-refractivity contribution >= 4 is 23.5 Å². The van der Waals surface area contributed by atoms with Crippen molar-refractivity contribution in [3.8, 4) is 5.75 Å². The lowest BCUT2D eigenvalue weighted by molar-refractivity contribution is -0.140. The van der Waals surface area contributed by atoms with Crippen LogP contribution in [0.1, 0.15) is 33.8 Å². The van der Waals surface area contributed by atoms with E-state index in [9.17, 15) is 19.5 Å². The number of carbonyl (C=O) groups excluding carboxylic acids is 2. The maximum absolute atomic E-state index is 12.3. The Morgan fingerprint density at radius 1 is 1.28 bits per heavy atom. The van der Waals surface area contributed by atoms with Crippen LogP contribution in [0.3, 0.4) is 0 Å². The van der Waals surface area contributed by atoms with E-state index >= 15 is 0 Å². The van der Waals surface area contributed by atoms with E-state index in [2.05, 4.69) is 14.5 Å². The number of aromatic hydroxyl groups is 1. The summed E-state index contributed by atoms with van der Waals surface area (Å²) in [7, 11) is 2.36. The molecule has 1 heterocycles. The molecule has 1 unspecified atom stereocenters. The summed E-state index contributed by atoms with van der Waals surface area (Å²) in [5.74, 6) is -2.82. The van der Waals surface area contributed by atoms with Crippen LogP contribution in [0.2, 0.25) is 5.02 Å². The number of pyridine rings is 1. The standard InChI is InChI=1S/C17H16ClNO6/c1-24-13(20)7-11(9-4-3-5-10(18)6-9)14-15(21)12(17(23)25-2)8-19-16(14)22/h3-6,8,11H,7H2,1-2H3,(H2,19,21,22). The first-order chi connectivity index (χ1) is 11.9. The number of halogens is 1. The number of hydrogen-bond donors (Lipinski definition) is 2. The van der Waals surface area contributed by atoms with Gasteiger partial charge in [-0.2, -0.15) is 0 Å². The Morgan fingerprint density at radius 2 is 2.00 bits per heavy atom. The molecule has 2 rings (SSSR count). The fourth-order valence-electron chi connectivity index (χ4n) is 2.49. The Hall–Kier alpha value is -2.80. The Balaban J connectivity index is 2.67. The summed E-state index contributed by atoms with van der Waals surface area (Å²) in [6, 6.07) is 6.51. The van der Waals surface area contributed by atoms with Crippen LogP contribution in [0.25, 0.3) is 0 Å². The number of ether oxygens (including phenoxy) is 2. The van der Waals surface area contributed by atoms with Gasteiger partial charge in [-0.05, 0) is 17.7 Å². The number of H-pyrrole nitrogens is 1. The zero-order chi connectivity index (χ0) is 18.6. The summed E-state index contributed by atoms with van der Waals surface area (Å²) < 4.78 is 9.26. The van der Waals surface area contributed by atoms with Crippen molar-refractivity contribution in [2.75, 3.05) is 14.2 Å². The van der Waals surface area contributed by atoms with Gasteiger partial charge in [-0.1, -0.05) is 23.7 Å². The van der Waals surface area contributed by atoms with E-state index in [1.807, 2.05) is 0 Å². The molecule has 2 N–H and O–H groups in total. The average molecular weight is 366 g/mol. The smallest absolute Gasteiger partial charge is 0.343 e. The summed E-state index contributed by atoms with van der Waals surface area (Å²) >= 11 is 5.99. The highest BCUT2D eigenvalue weighted by molar-refractivity contribution is 6.30. The highest BCUT2D eigenvalue weighted by atomic mass is 35.5. The second-order valence-electron chi connectivity index (χ2n) is 5.17. The monoisotopic (exact) mass is 365 g/mol. The summed E-state index contributed by atoms with van der Waals surface area (Å²) in [5.41, 5.74) is -0.482. The molecule has 1 aromatic carbocycles. The van der Waals surface area contributed by atoms with E-state index in [0.29, 0.717) is 10.6 Å². The minimum Gasteiger partial charge on any atom is -0.506 e. The summed E-state index contributed by atoms with van der Waals surface area (Å²) in [6.45, 7) is 0. The average Bonchev–Trinajstić information content (AvgIpc) is 2.60. The SMILES string of the molecule is COC(=O)CC(c1cccc(Cl)c1)c1c(O)c(C(=O)OC)c[nH]c1=O. The van der Waals surface area contributed by atoms with Crippen LogP contribution in [0.15, 0.2) is 35.3 Å². The van der Waals surface area contributed by atoms with Crippen molar-refractivity contribution in [2.24, 2.45) is 0 Å². The van der Waals surface area contributed by atoms with Gasteiger partial charge in [-0.15, -0.1) is 0 Å². The van der Waals surface area contributed by atoms with Crippen molar-refractivity contribution in [1.82, 2.24) is 4.98 Å². The minimum atomic E-state index is -0.862. The molecule has 0 amide bonds. The third-order valence-corrected chi connectivity index (χ3v) is 3.94. The van der Waals surface area contributed by atoms with Gasteiger partial charge in [0.25, 0.3) is 5.56 Å². The second kappa shape index (κ2) is 7.85. The number of hydrogen-bond acceptors (Lipinski definition) is 6. The molecule has 0 spiro atoms. The number of benzene rings is 1. The molecule has 0 aliphatic heterocycles. The first kappa shape index (κ1) is 18.5. The van der Waals surface area contributed by atoms with Crippen molar-refractivity contribution < 1.29 is 24.2 Å². The fourth-order valence-corrected chi connectivity index (χ4v) is 2.68. The van der Waals surface area contributed by atoms with Crippen molar-refractivity contribution in [1.29, 1.82) is 0 Å². The second-order valence-corrected chi connectivity index (χ2v) is 5.61. The number of rotatable bonds is 5. The van der Waals surface area contributed by atoms with E-state index in [4.69, 9.17) is 11.6 Å². The first-order valence-corrected chi connectivity index (χ1v) is 7.62. The van der Waals surface area contributed by atoms with Gasteiger partial charge in [0, 0.05) is 17.1 Å². The topological polar surface area (TPSA) is 106 Å². The lowest BCUT2D eigenvalue weighted by atomic mass is 9.88. The van der Waals surface area contributed by atoms with Gasteiger partial charge in [0.2, 0.25) is 0 Å². The molecule has 0 saturated heterocycles. The Bertz CT molecular complexity index is 860. The van der Waals surface area contributed by atoms with E-state index in [-0.39, 0.29) is 17.5 Å². The molecule has 1 atom stereocenters. The van der Waals surface area contributed by atoms with Crippen LogP contribution in [0, 0.1) is 0 Å². The lowest BCUT2D eigenvalue weighted by Crippen LogP contribution is -2.22. The maximum atomic E-state index is 12.3. The summed E-state index contributed by atoms with van der Waals surface area (Å²) in [5, 5.41) is 10.8. The number of aromatic amines is 1. The predicted octanol–water partition coefficient (Wildman–Crippen LogP) is 2.22. The summed E-state index contributed by atoms with van der Waals surface area (Å²) in [6.07, 6.45) is 0.832. The fraction of sp³-hybridized carbons (Fsp3) is 0.235. The molecular formula is C17H16ClNO6. The van der Waals surface area contributed by atoms with E-state index in [1.165, 1.54) is 7.11 Å². The highest BCUT2D eigenvalue weighted by Crippen LogP contribution is 2.34. The molecule has 8 heteroatoms. The Morgan fingerprint density at radius 3 is 2.60 bits per heavy atom. The van der Waals surface area contributed by atoms with Crippen molar-refractivity contribution in [3.63, 3.8) is 0 Å². The van der Waals surface area contributed by atoms with Crippen molar-refractivity contribution in [2.45, 2.75) is 12.3 Å². The van der Waals surface area contributed by atoms with Gasteiger partial charge in [-0.25, -0.2) is 4.79 Å². The molecule has 0 bridgehead atoms. The van der Waals surface area contributed by atoms with Crippen LogP contribution >= 0.6 is 11.6 Å². The van der Waals surface area contributed by atoms with Crippen LogP contribution in [0.5, 0.6) is 5.75 Å². The van der Waals surface area contributed by atoms with E-state index in [1.54, 1.807) is 24.3 Å². The zero-order valence-electron chi connectivity index (χ0n) is 13.5. The van der Waals surface area contributed by atoms with Gasteiger partial charge in [0.05, 0.1) is 26.2 Å². The number of esters is 2. The van der Waals surface area contributed by atoms with Crippen LogP contribution < -0.4 is 5.56 Å². The third-order valence-electron chi connectivity index (χ3n) is 3.71. The highest BCUT2D eigenvalue weighted by Gasteiger charge is 2.28. The van der Waals surface area contributed by atoms with Crippen LogP contribution in [0.4, 0.5) is 0 Å². The molecule has 25 heavy (non-hydrogen) atoms. The van der Waals surface area contributed by atoms with Gasteiger partial charge in [-0.3, -0.25) is 9.59 Å². The zero-order valence-corrected chi connectivity index (χ0v) is 14.3.